The molecule has 0 saturated carbocycles. The van der Waals surface area contributed by atoms with Gasteiger partial charge in [-0.15, -0.1) is 11.3 Å². The molecule has 0 aliphatic heterocycles. The summed E-state index contributed by atoms with van der Waals surface area (Å²) >= 11 is 7.00. The molecular weight excluding hydrogens is 318 g/mol. The first kappa shape index (κ1) is 15.5. The van der Waals surface area contributed by atoms with Crippen molar-refractivity contribution in [2.24, 2.45) is 0 Å². The minimum atomic E-state index is -3.47. The first-order valence-corrected chi connectivity index (χ1v) is 8.70. The lowest BCUT2D eigenvalue weighted by atomic mass is 10.1. The monoisotopic (exact) mass is 331 g/mol. The Balaban J connectivity index is 1.90. The maximum atomic E-state index is 11.9. The molecule has 2 aromatic rings. The standard InChI is InChI=1S/C13H14ClNO3S2/c14-11-4-1-3-10(9-11)12(16)6-7-15-20(17,18)13-5-2-8-19-13/h1-5,8-9,12,15-16H,6-7H2/t12-/m0/s1. The van der Waals surface area contributed by atoms with Crippen molar-refractivity contribution in [3.63, 3.8) is 0 Å². The first-order chi connectivity index (χ1) is 9.49. The molecule has 0 radical (unpaired) electrons. The number of benzene rings is 1. The summed E-state index contributed by atoms with van der Waals surface area (Å²) in [7, 11) is -3.47. The lowest BCUT2D eigenvalue weighted by molar-refractivity contribution is 0.169. The molecule has 0 unspecified atom stereocenters. The minimum absolute atomic E-state index is 0.161. The zero-order valence-electron chi connectivity index (χ0n) is 10.5. The van der Waals surface area contributed by atoms with Crippen LogP contribution in [0.2, 0.25) is 5.02 Å². The van der Waals surface area contributed by atoms with Crippen LogP contribution in [0.5, 0.6) is 0 Å². The van der Waals surface area contributed by atoms with E-state index in [1.165, 1.54) is 0 Å². The Hall–Kier alpha value is -0.920. The highest BCUT2D eigenvalue weighted by Gasteiger charge is 2.15. The molecule has 1 heterocycles. The number of hydrogen-bond donors (Lipinski definition) is 2. The van der Waals surface area contributed by atoms with Gasteiger partial charge in [0.1, 0.15) is 4.21 Å². The number of rotatable bonds is 6. The predicted molar refractivity (Wildman–Crippen MR) is 80.5 cm³/mol. The van der Waals surface area contributed by atoms with Gasteiger partial charge in [-0.2, -0.15) is 0 Å². The lowest BCUT2D eigenvalue weighted by Gasteiger charge is -2.11. The molecule has 4 nitrogen and oxygen atoms in total. The summed E-state index contributed by atoms with van der Waals surface area (Å²) in [6.07, 6.45) is -0.468. The molecule has 0 aliphatic rings. The largest absolute Gasteiger partial charge is 0.388 e. The van der Waals surface area contributed by atoms with Gasteiger partial charge in [-0.1, -0.05) is 29.8 Å². The van der Waals surface area contributed by atoms with Crippen LogP contribution in [0, 0.1) is 0 Å². The number of thiophene rings is 1. The number of aliphatic hydroxyl groups is 1. The Morgan fingerprint density at radius 3 is 2.75 bits per heavy atom. The van der Waals surface area contributed by atoms with Gasteiger partial charge in [-0.25, -0.2) is 13.1 Å². The molecule has 108 valence electrons. The van der Waals surface area contributed by atoms with Crippen molar-refractivity contribution in [1.82, 2.24) is 4.72 Å². The average Bonchev–Trinajstić information content (AvgIpc) is 2.93. The Bertz CT molecular complexity index is 656. The summed E-state index contributed by atoms with van der Waals surface area (Å²) in [4.78, 5) is 0. The minimum Gasteiger partial charge on any atom is -0.388 e. The van der Waals surface area contributed by atoms with Gasteiger partial charge in [-0.3, -0.25) is 0 Å². The zero-order valence-corrected chi connectivity index (χ0v) is 12.9. The van der Waals surface area contributed by atoms with Gasteiger partial charge in [0.25, 0.3) is 0 Å². The molecule has 0 fully saturated rings. The average molecular weight is 332 g/mol. The van der Waals surface area contributed by atoms with Gasteiger partial charge < -0.3 is 5.11 Å². The molecule has 0 aliphatic carbocycles. The van der Waals surface area contributed by atoms with Crippen LogP contribution in [0.25, 0.3) is 0 Å². The fourth-order valence-electron chi connectivity index (χ4n) is 1.70. The van der Waals surface area contributed by atoms with E-state index >= 15 is 0 Å². The summed E-state index contributed by atoms with van der Waals surface area (Å²) in [6, 6.07) is 10.1. The summed E-state index contributed by atoms with van der Waals surface area (Å²) in [5, 5.41) is 12.2. The summed E-state index contributed by atoms with van der Waals surface area (Å²) in [5.74, 6) is 0. The SMILES string of the molecule is O=S(=O)(NCC[C@H](O)c1cccc(Cl)c1)c1cccs1. The van der Waals surface area contributed by atoms with E-state index < -0.39 is 16.1 Å². The van der Waals surface area contributed by atoms with Crippen LogP contribution in [0.1, 0.15) is 18.1 Å². The number of nitrogens with one attached hydrogen (secondary N) is 1. The van der Waals surface area contributed by atoms with Crippen molar-refractivity contribution in [3.05, 3.63) is 52.4 Å². The molecule has 0 spiro atoms. The van der Waals surface area contributed by atoms with E-state index in [1.54, 1.807) is 41.8 Å². The lowest BCUT2D eigenvalue weighted by Crippen LogP contribution is -2.25. The van der Waals surface area contributed by atoms with E-state index in [4.69, 9.17) is 11.6 Å². The molecule has 2 rings (SSSR count). The molecule has 7 heteroatoms. The Morgan fingerprint density at radius 1 is 1.30 bits per heavy atom. The van der Waals surface area contributed by atoms with Crippen LogP contribution in [0.4, 0.5) is 0 Å². The van der Waals surface area contributed by atoms with Crippen LogP contribution in [0.3, 0.4) is 0 Å². The molecule has 0 saturated heterocycles. The predicted octanol–water partition coefficient (Wildman–Crippen LogP) is 2.80. The van der Waals surface area contributed by atoms with E-state index in [9.17, 15) is 13.5 Å². The Kier molecular flexibility index (Phi) is 5.17. The molecule has 2 N–H and O–H groups in total. The van der Waals surface area contributed by atoms with Crippen molar-refractivity contribution in [2.75, 3.05) is 6.54 Å². The third kappa shape index (κ3) is 4.04. The van der Waals surface area contributed by atoms with Crippen LogP contribution in [0.15, 0.2) is 46.0 Å². The van der Waals surface area contributed by atoms with Crippen LogP contribution >= 0.6 is 22.9 Å². The highest BCUT2D eigenvalue weighted by molar-refractivity contribution is 7.91. The maximum Gasteiger partial charge on any atom is 0.250 e. The van der Waals surface area contributed by atoms with E-state index in [0.717, 1.165) is 11.3 Å². The topological polar surface area (TPSA) is 66.4 Å². The van der Waals surface area contributed by atoms with E-state index in [-0.39, 0.29) is 17.2 Å². The van der Waals surface area contributed by atoms with Crippen LogP contribution in [-0.2, 0) is 10.0 Å². The molecule has 0 bridgehead atoms. The van der Waals surface area contributed by atoms with Crippen molar-refractivity contribution < 1.29 is 13.5 Å². The number of aliphatic hydroxyl groups excluding tert-OH is 1. The second kappa shape index (κ2) is 6.69. The van der Waals surface area contributed by atoms with Gasteiger partial charge >= 0.3 is 0 Å². The first-order valence-electron chi connectivity index (χ1n) is 5.96. The molecule has 0 amide bonds. The normalized spacial score (nSPS) is 13.3. The zero-order chi connectivity index (χ0) is 14.6. The van der Waals surface area contributed by atoms with Gasteiger partial charge in [0.15, 0.2) is 0 Å². The second-order valence-electron chi connectivity index (χ2n) is 4.19. The summed E-state index contributed by atoms with van der Waals surface area (Å²) < 4.78 is 26.5. The van der Waals surface area contributed by atoms with Crippen LogP contribution in [-0.4, -0.2) is 20.1 Å². The highest BCUT2D eigenvalue weighted by Crippen LogP contribution is 2.20. The maximum absolute atomic E-state index is 11.9. The van der Waals surface area contributed by atoms with Crippen LogP contribution < -0.4 is 4.72 Å². The van der Waals surface area contributed by atoms with Gasteiger partial charge in [-0.05, 0) is 35.6 Å². The number of sulfonamides is 1. The van der Waals surface area contributed by atoms with Crippen molar-refractivity contribution in [1.29, 1.82) is 0 Å². The molecular formula is C13H14ClNO3S2. The quantitative estimate of drug-likeness (QED) is 0.855. The van der Waals surface area contributed by atoms with Gasteiger partial charge in [0.05, 0.1) is 6.10 Å². The fourth-order valence-corrected chi connectivity index (χ4v) is 3.98. The smallest absolute Gasteiger partial charge is 0.250 e. The van der Waals surface area contributed by atoms with Crippen molar-refractivity contribution >= 4 is 33.0 Å². The highest BCUT2D eigenvalue weighted by atomic mass is 35.5. The number of halogens is 1. The summed E-state index contributed by atoms with van der Waals surface area (Å²) in [6.45, 7) is 0.161. The van der Waals surface area contributed by atoms with Crippen molar-refractivity contribution in [3.8, 4) is 0 Å². The van der Waals surface area contributed by atoms with E-state index in [2.05, 4.69) is 4.72 Å². The van der Waals surface area contributed by atoms with Gasteiger partial charge in [0, 0.05) is 11.6 Å². The molecule has 1 aromatic carbocycles. The van der Waals surface area contributed by atoms with E-state index in [1.807, 2.05) is 0 Å². The summed E-state index contributed by atoms with van der Waals surface area (Å²) in [5.41, 5.74) is 0.674. The number of hydrogen-bond acceptors (Lipinski definition) is 4. The Labute approximate surface area is 127 Å². The van der Waals surface area contributed by atoms with Crippen molar-refractivity contribution in [2.45, 2.75) is 16.7 Å². The molecule has 20 heavy (non-hydrogen) atoms. The molecule has 1 aromatic heterocycles. The Morgan fingerprint density at radius 2 is 2.10 bits per heavy atom. The third-order valence-electron chi connectivity index (χ3n) is 2.70. The molecule has 1 atom stereocenters. The van der Waals surface area contributed by atoms with E-state index in [0.29, 0.717) is 10.6 Å². The fraction of sp³-hybridized carbons (Fsp3) is 0.231. The van der Waals surface area contributed by atoms with Gasteiger partial charge in [0.2, 0.25) is 10.0 Å². The third-order valence-corrected chi connectivity index (χ3v) is 5.80. The second-order valence-corrected chi connectivity index (χ2v) is 7.57.